The normalized spacial score (nSPS) is 23.9. The molecule has 0 aliphatic carbocycles. The molecular weight excluding hydrogens is 402 g/mol. The van der Waals surface area contributed by atoms with E-state index in [0.717, 1.165) is 0 Å². The van der Waals surface area contributed by atoms with Crippen molar-refractivity contribution in [2.75, 3.05) is 13.2 Å². The van der Waals surface area contributed by atoms with Crippen molar-refractivity contribution in [3.05, 3.63) is 0 Å². The van der Waals surface area contributed by atoms with Crippen LogP contribution in [0.25, 0.3) is 0 Å². The Morgan fingerprint density at radius 1 is 1.13 bits per heavy atom. The molecule has 8 nitrogen and oxygen atoms in total. The van der Waals surface area contributed by atoms with Crippen LogP contribution in [-0.2, 0) is 33.4 Å². The van der Waals surface area contributed by atoms with E-state index in [1.165, 1.54) is 6.42 Å². The Hall–Kier alpha value is -1.96. The van der Waals surface area contributed by atoms with Gasteiger partial charge in [0.05, 0.1) is 6.61 Å². The largest absolute Gasteiger partial charge is 0.463 e. The molecule has 0 aromatic rings. The van der Waals surface area contributed by atoms with Crippen molar-refractivity contribution in [1.82, 2.24) is 5.32 Å². The zero-order valence-electron chi connectivity index (χ0n) is 20.7. The van der Waals surface area contributed by atoms with Gasteiger partial charge in [0, 0.05) is 12.0 Å². The fraction of sp³-hybridized carbons (Fsp3) is 0.826. The van der Waals surface area contributed by atoms with Crippen LogP contribution in [0.1, 0.15) is 81.6 Å². The number of ether oxygens (including phenoxy) is 3. The van der Waals surface area contributed by atoms with E-state index in [0.29, 0.717) is 18.3 Å². The second-order valence-corrected chi connectivity index (χ2v) is 10.8. The number of cyclic esters (lactones) is 1. The molecule has 1 N–H and O–H groups in total. The summed E-state index contributed by atoms with van der Waals surface area (Å²) >= 11 is 0. The Balaban J connectivity index is 0.000000970. The highest BCUT2D eigenvalue weighted by Gasteiger charge is 2.68. The third kappa shape index (κ3) is 9.37. The monoisotopic (exact) mass is 443 g/mol. The van der Waals surface area contributed by atoms with Crippen LogP contribution in [0.4, 0.5) is 0 Å². The van der Waals surface area contributed by atoms with Crippen LogP contribution in [0, 0.1) is 10.8 Å². The molecule has 180 valence electrons. The third-order valence-corrected chi connectivity index (χ3v) is 5.22. The summed E-state index contributed by atoms with van der Waals surface area (Å²) in [5, 5.41) is 3.18. The minimum absolute atomic E-state index is 0.0755. The van der Waals surface area contributed by atoms with Crippen LogP contribution in [0.5, 0.6) is 0 Å². The van der Waals surface area contributed by atoms with Crippen molar-refractivity contribution in [2.24, 2.45) is 10.8 Å². The summed E-state index contributed by atoms with van der Waals surface area (Å²) < 4.78 is 14.8. The lowest BCUT2D eigenvalue weighted by atomic mass is 9.79. The fourth-order valence-corrected chi connectivity index (χ4v) is 2.97. The number of esters is 3. The molecule has 0 aromatic carbocycles. The van der Waals surface area contributed by atoms with E-state index in [1.807, 2.05) is 41.4 Å². The molecule has 0 saturated carbocycles. The van der Waals surface area contributed by atoms with Crippen LogP contribution in [0.2, 0.25) is 0 Å². The Bertz CT molecular complexity index is 631. The number of hydrogen-bond acceptors (Lipinski definition) is 8. The summed E-state index contributed by atoms with van der Waals surface area (Å²) in [5.41, 5.74) is -0.706. The first kappa shape index (κ1) is 29.0. The Morgan fingerprint density at radius 3 is 1.94 bits per heavy atom. The lowest BCUT2D eigenvalue weighted by Crippen LogP contribution is -2.39. The van der Waals surface area contributed by atoms with Crippen LogP contribution >= 0.6 is 0 Å². The molecule has 0 bridgehead atoms. The molecule has 0 spiro atoms. The topological polar surface area (TPSA) is 118 Å². The van der Waals surface area contributed by atoms with Crippen LogP contribution in [-0.4, -0.2) is 55.1 Å². The van der Waals surface area contributed by atoms with Gasteiger partial charge in [-0.2, -0.15) is 0 Å². The second kappa shape index (κ2) is 11.1. The lowest BCUT2D eigenvalue weighted by molar-refractivity contribution is -0.168. The van der Waals surface area contributed by atoms with Gasteiger partial charge in [-0.25, -0.2) is 14.4 Å². The first-order valence-electron chi connectivity index (χ1n) is 10.6. The number of carbonyl (C=O) groups excluding carboxylic acids is 4. The van der Waals surface area contributed by atoms with Gasteiger partial charge in [-0.3, -0.25) is 5.32 Å². The van der Waals surface area contributed by atoms with Crippen molar-refractivity contribution in [2.45, 2.75) is 98.8 Å². The molecule has 2 unspecified atom stereocenters. The molecule has 2 fully saturated rings. The summed E-state index contributed by atoms with van der Waals surface area (Å²) in [5.74, 6) is -1.77. The highest BCUT2D eigenvalue weighted by Crippen LogP contribution is 2.46. The number of rotatable bonds is 5. The van der Waals surface area contributed by atoms with Gasteiger partial charge < -0.3 is 19.0 Å². The predicted molar refractivity (Wildman–Crippen MR) is 117 cm³/mol. The van der Waals surface area contributed by atoms with Crippen molar-refractivity contribution in [3.8, 4) is 0 Å². The highest BCUT2D eigenvalue weighted by atomic mass is 16.6. The standard InChI is InChI=1S/C16H25NO6.C6H14.CH2O/c1-14(2,3)9-16(15(4,5)17-16)13(20)22-8-11(18)23-10-6-7-21-12(10)19;1-5-6(2,3)4;1-2/h10,17H,6-9H2,1-5H3;5H2,1-4H3;1H2. The van der Waals surface area contributed by atoms with Gasteiger partial charge in [0.15, 0.2) is 6.61 Å². The number of nitrogens with one attached hydrogen (secondary N) is 1. The van der Waals surface area contributed by atoms with Crippen molar-refractivity contribution in [3.63, 3.8) is 0 Å². The molecule has 0 aromatic heterocycles. The maximum Gasteiger partial charge on any atom is 0.347 e. The molecular formula is C23H41NO7. The van der Waals surface area contributed by atoms with Crippen LogP contribution in [0.3, 0.4) is 0 Å². The lowest BCUT2D eigenvalue weighted by Gasteiger charge is -2.25. The van der Waals surface area contributed by atoms with Crippen LogP contribution < -0.4 is 5.32 Å². The Labute approximate surface area is 186 Å². The van der Waals surface area contributed by atoms with Gasteiger partial charge in [-0.05, 0) is 31.1 Å². The summed E-state index contributed by atoms with van der Waals surface area (Å²) in [6.45, 7) is 20.6. The SMILES string of the molecule is C=O.CC(C)(C)CC1(C(=O)OCC(=O)OC2CCOC2=O)NC1(C)C.CCC(C)(C)C. The molecule has 2 atom stereocenters. The minimum Gasteiger partial charge on any atom is -0.463 e. The number of carbonyl (C=O) groups is 4. The third-order valence-electron chi connectivity index (χ3n) is 5.22. The smallest absolute Gasteiger partial charge is 0.347 e. The van der Waals surface area contributed by atoms with Gasteiger partial charge in [-0.1, -0.05) is 54.9 Å². The van der Waals surface area contributed by atoms with Crippen LogP contribution in [0.15, 0.2) is 0 Å². The average Bonchev–Trinajstić information content (AvgIpc) is 2.95. The quantitative estimate of drug-likeness (QED) is 0.391. The molecule has 8 heteroatoms. The van der Waals surface area contributed by atoms with E-state index in [4.69, 9.17) is 19.0 Å². The molecule has 0 radical (unpaired) electrons. The summed E-state index contributed by atoms with van der Waals surface area (Å²) in [6, 6.07) is 0. The first-order valence-corrected chi connectivity index (χ1v) is 10.6. The van der Waals surface area contributed by atoms with E-state index in [9.17, 15) is 14.4 Å². The molecule has 2 aliphatic rings. The zero-order valence-corrected chi connectivity index (χ0v) is 20.7. The first-order chi connectivity index (χ1) is 14.0. The minimum atomic E-state index is -0.889. The van der Waals surface area contributed by atoms with E-state index >= 15 is 0 Å². The van der Waals surface area contributed by atoms with Crippen molar-refractivity contribution in [1.29, 1.82) is 0 Å². The molecule has 31 heavy (non-hydrogen) atoms. The Morgan fingerprint density at radius 2 is 1.61 bits per heavy atom. The molecule has 2 rings (SSSR count). The highest BCUT2D eigenvalue weighted by molar-refractivity contribution is 5.89. The van der Waals surface area contributed by atoms with Gasteiger partial charge >= 0.3 is 17.9 Å². The molecule has 0 amide bonds. The van der Waals surface area contributed by atoms with Gasteiger partial charge in [0.25, 0.3) is 0 Å². The van der Waals surface area contributed by atoms with E-state index in [2.05, 4.69) is 33.0 Å². The Kier molecular flexibility index (Phi) is 10.4. The maximum absolute atomic E-state index is 12.4. The summed E-state index contributed by atoms with van der Waals surface area (Å²) in [6.07, 6.45) is 1.31. The predicted octanol–water partition coefficient (Wildman–Crippen LogP) is 3.20. The molecule has 2 aliphatic heterocycles. The molecule has 2 saturated heterocycles. The van der Waals surface area contributed by atoms with Gasteiger partial charge in [0.1, 0.15) is 12.3 Å². The van der Waals surface area contributed by atoms with Gasteiger partial charge in [-0.15, -0.1) is 0 Å². The van der Waals surface area contributed by atoms with Crippen molar-refractivity contribution >= 4 is 24.7 Å². The summed E-state index contributed by atoms with van der Waals surface area (Å²) in [7, 11) is 0. The summed E-state index contributed by atoms with van der Waals surface area (Å²) in [4.78, 5) is 43.4. The van der Waals surface area contributed by atoms with Crippen molar-refractivity contribution < 1.29 is 33.4 Å². The van der Waals surface area contributed by atoms with E-state index in [-0.39, 0.29) is 17.6 Å². The zero-order chi connectivity index (χ0) is 24.7. The van der Waals surface area contributed by atoms with Gasteiger partial charge in [0.2, 0.25) is 6.10 Å². The number of hydrogen-bond donors (Lipinski definition) is 1. The van der Waals surface area contributed by atoms with E-state index in [1.54, 1.807) is 0 Å². The fourth-order valence-electron chi connectivity index (χ4n) is 2.97. The van der Waals surface area contributed by atoms with E-state index < -0.39 is 36.2 Å². The second-order valence-electron chi connectivity index (χ2n) is 10.8. The maximum atomic E-state index is 12.4. The molecule has 2 heterocycles. The average molecular weight is 444 g/mol.